The first kappa shape index (κ1) is 47.2. The maximum Gasteiger partial charge on any atom is 0.252 e. The average molecular weight is 954 g/mol. The minimum atomic E-state index is -0.0684. The monoisotopic (exact) mass is 954 g/mol. The van der Waals surface area contributed by atoms with Crippen molar-refractivity contribution in [2.45, 2.75) is 136 Å². The number of para-hydroxylation sites is 2. The van der Waals surface area contributed by atoms with E-state index in [4.69, 9.17) is 0 Å². The van der Waals surface area contributed by atoms with Gasteiger partial charge in [-0.1, -0.05) is 173 Å². The van der Waals surface area contributed by atoms with Crippen molar-refractivity contribution in [3.05, 3.63) is 203 Å². The van der Waals surface area contributed by atoms with Crippen molar-refractivity contribution >= 4 is 74.3 Å². The highest BCUT2D eigenvalue weighted by molar-refractivity contribution is 7.00. The number of hydrogen-bond donors (Lipinski definition) is 0. The Morgan fingerprint density at radius 3 is 1.48 bits per heavy atom. The smallest absolute Gasteiger partial charge is 0.252 e. The van der Waals surface area contributed by atoms with Crippen LogP contribution in [0.4, 0.5) is 51.2 Å². The van der Waals surface area contributed by atoms with Crippen LogP contribution >= 0.6 is 0 Å². The molecule has 0 atom stereocenters. The number of benzene rings is 8. The van der Waals surface area contributed by atoms with Gasteiger partial charge in [-0.15, -0.1) is 0 Å². The van der Waals surface area contributed by atoms with E-state index in [1.807, 2.05) is 0 Å². The van der Waals surface area contributed by atoms with Gasteiger partial charge in [0.05, 0.1) is 5.69 Å². The lowest BCUT2D eigenvalue weighted by atomic mass is 9.33. The van der Waals surface area contributed by atoms with Crippen molar-refractivity contribution in [1.82, 2.24) is 0 Å². The quantitative estimate of drug-likeness (QED) is 0.154. The third kappa shape index (κ3) is 7.52. The summed E-state index contributed by atoms with van der Waals surface area (Å²) < 4.78 is 0. The third-order valence-corrected chi connectivity index (χ3v) is 17.6. The van der Waals surface area contributed by atoms with Crippen LogP contribution in [0.2, 0.25) is 0 Å². The second kappa shape index (κ2) is 16.4. The van der Waals surface area contributed by atoms with Gasteiger partial charge in [-0.3, -0.25) is 0 Å². The zero-order chi connectivity index (χ0) is 51.1. The molecule has 73 heavy (non-hydrogen) atoms. The van der Waals surface area contributed by atoms with Crippen LogP contribution in [0.3, 0.4) is 0 Å². The summed E-state index contributed by atoms with van der Waals surface area (Å²) in [4.78, 5) is 7.86. The Morgan fingerprint density at radius 1 is 0.411 bits per heavy atom. The Balaban J connectivity index is 1.25. The van der Waals surface area contributed by atoms with Gasteiger partial charge in [-0.25, -0.2) is 0 Å². The summed E-state index contributed by atoms with van der Waals surface area (Å²) in [6.45, 7) is 31.5. The van der Waals surface area contributed by atoms with Gasteiger partial charge in [-0.2, -0.15) is 0 Å². The first-order valence-corrected chi connectivity index (χ1v) is 27.0. The number of nitrogens with zero attached hydrogens (tertiary/aromatic N) is 3. The van der Waals surface area contributed by atoms with Gasteiger partial charge in [-0.05, 0) is 193 Å². The van der Waals surface area contributed by atoms with Crippen molar-refractivity contribution in [2.24, 2.45) is 0 Å². The van der Waals surface area contributed by atoms with E-state index in [2.05, 4.69) is 269 Å². The summed E-state index contributed by atoms with van der Waals surface area (Å²) >= 11 is 0. The molecule has 366 valence electrons. The molecule has 2 aliphatic carbocycles. The van der Waals surface area contributed by atoms with E-state index < -0.39 is 0 Å². The summed E-state index contributed by atoms with van der Waals surface area (Å²) in [5.41, 5.74) is 27.3. The van der Waals surface area contributed by atoms with Crippen molar-refractivity contribution in [3.63, 3.8) is 0 Å². The molecule has 8 aromatic rings. The zero-order valence-corrected chi connectivity index (χ0v) is 45.6. The highest BCUT2D eigenvalue weighted by Crippen LogP contribution is 2.56. The molecule has 0 amide bonds. The third-order valence-electron chi connectivity index (χ3n) is 17.6. The van der Waals surface area contributed by atoms with E-state index in [1.54, 1.807) is 0 Å². The van der Waals surface area contributed by atoms with Gasteiger partial charge in [0, 0.05) is 45.5 Å². The van der Waals surface area contributed by atoms with Crippen LogP contribution in [0.5, 0.6) is 0 Å². The van der Waals surface area contributed by atoms with Gasteiger partial charge >= 0.3 is 0 Å². The molecule has 0 saturated heterocycles. The van der Waals surface area contributed by atoms with Gasteiger partial charge in [0.1, 0.15) is 0 Å². The zero-order valence-electron chi connectivity index (χ0n) is 45.6. The van der Waals surface area contributed by atoms with Gasteiger partial charge < -0.3 is 14.7 Å². The fourth-order valence-corrected chi connectivity index (χ4v) is 13.8. The molecule has 0 N–H and O–H groups in total. The Bertz CT molecular complexity index is 3460. The Labute approximate surface area is 437 Å². The molecule has 0 spiro atoms. The number of anilines is 9. The van der Waals surface area contributed by atoms with Crippen LogP contribution in [-0.4, -0.2) is 6.71 Å². The molecule has 2 heterocycles. The van der Waals surface area contributed by atoms with Crippen molar-refractivity contribution in [1.29, 1.82) is 0 Å². The average Bonchev–Trinajstić information content (AvgIpc) is 3.55. The lowest BCUT2D eigenvalue weighted by molar-refractivity contribution is 0.332. The van der Waals surface area contributed by atoms with E-state index in [1.165, 1.54) is 101 Å². The molecule has 2 aliphatic heterocycles. The SMILES string of the molecule is Cc1cc(-c2ccccc2)ccc1N1c2cc(C(C)(C)C)ccc2B2c3cc4c(cc3N(c3cc5c(cc3C)C(C)(C)CC5(C)C)c3cc(N(c5ccccc5)c5ccccc5)cc1c32)C(C)(C)CCC4(C)C. The van der Waals surface area contributed by atoms with Gasteiger partial charge in [0.2, 0.25) is 0 Å². The molecule has 12 rings (SSSR count). The van der Waals surface area contributed by atoms with Crippen LogP contribution in [0.1, 0.15) is 134 Å². The van der Waals surface area contributed by atoms with E-state index in [-0.39, 0.29) is 33.8 Å². The topological polar surface area (TPSA) is 9.72 Å². The minimum absolute atomic E-state index is 0.0154. The second-order valence-electron chi connectivity index (χ2n) is 25.8. The maximum atomic E-state index is 2.73. The number of rotatable bonds is 6. The molecule has 0 saturated carbocycles. The van der Waals surface area contributed by atoms with E-state index >= 15 is 0 Å². The molecule has 0 bridgehead atoms. The maximum absolute atomic E-state index is 2.73. The molecule has 0 fully saturated rings. The van der Waals surface area contributed by atoms with Crippen LogP contribution in [0.25, 0.3) is 11.1 Å². The lowest BCUT2D eigenvalue weighted by Crippen LogP contribution is -2.62. The van der Waals surface area contributed by atoms with E-state index in [0.29, 0.717) is 0 Å². The Morgan fingerprint density at radius 2 is 0.904 bits per heavy atom. The predicted octanol–water partition coefficient (Wildman–Crippen LogP) is 17.1. The molecule has 0 aromatic heterocycles. The highest BCUT2D eigenvalue weighted by Gasteiger charge is 2.49. The summed E-state index contributed by atoms with van der Waals surface area (Å²) in [6.07, 6.45) is 3.43. The minimum Gasteiger partial charge on any atom is -0.311 e. The summed E-state index contributed by atoms with van der Waals surface area (Å²) in [7, 11) is 0. The van der Waals surface area contributed by atoms with Gasteiger partial charge in [0.25, 0.3) is 6.71 Å². The molecule has 4 heteroatoms. The normalized spacial score (nSPS) is 17.3. The van der Waals surface area contributed by atoms with Crippen LogP contribution in [0.15, 0.2) is 164 Å². The molecular weight excluding hydrogens is 882 g/mol. The van der Waals surface area contributed by atoms with Crippen molar-refractivity contribution < 1.29 is 0 Å². The number of aryl methyl sites for hydroxylation is 2. The van der Waals surface area contributed by atoms with E-state index in [9.17, 15) is 0 Å². The fraction of sp³-hybridized carbons (Fsp3) is 0.304. The second-order valence-corrected chi connectivity index (χ2v) is 25.8. The molecule has 3 nitrogen and oxygen atoms in total. The van der Waals surface area contributed by atoms with Crippen LogP contribution in [0, 0.1) is 13.8 Å². The Kier molecular flexibility index (Phi) is 10.6. The summed E-state index contributed by atoms with van der Waals surface area (Å²) in [5, 5.41) is 0. The lowest BCUT2D eigenvalue weighted by Gasteiger charge is -2.48. The molecule has 0 unspecified atom stereocenters. The highest BCUT2D eigenvalue weighted by atomic mass is 15.2. The fourth-order valence-electron chi connectivity index (χ4n) is 13.8. The summed E-state index contributed by atoms with van der Waals surface area (Å²) in [5.74, 6) is 0. The molecular formula is C69H72BN3. The van der Waals surface area contributed by atoms with Crippen molar-refractivity contribution in [3.8, 4) is 11.1 Å². The largest absolute Gasteiger partial charge is 0.311 e. The molecule has 8 aromatic carbocycles. The number of fused-ring (bicyclic) bond motifs is 6. The molecule has 4 aliphatic rings. The van der Waals surface area contributed by atoms with Crippen LogP contribution in [-0.2, 0) is 27.1 Å². The summed E-state index contributed by atoms with van der Waals surface area (Å²) in [6, 6.07) is 63.0. The van der Waals surface area contributed by atoms with Crippen molar-refractivity contribution in [2.75, 3.05) is 14.7 Å². The first-order valence-electron chi connectivity index (χ1n) is 27.0. The standard InChI is InChI=1S/C69H72BN3/c1-44-35-47(46-23-17-14-18-24-46)29-32-58(44)72-60-37-48(65(3,4)5)30-31-56(60)70-57-40-53-54(67(8,9)34-33-66(53,6)7)42-61(57)73(59-41-55-52(36-45(59)2)68(10,11)43-69(55,12)13)63-39-51(38-62(72)64(63)70)71(49-25-19-15-20-26-49)50-27-21-16-22-28-50/h14-32,35-42H,33-34,43H2,1-13H3. The van der Waals surface area contributed by atoms with E-state index in [0.717, 1.165) is 36.3 Å². The van der Waals surface area contributed by atoms with Crippen LogP contribution < -0.4 is 31.1 Å². The Hall–Kier alpha value is -6.78. The first-order chi connectivity index (χ1) is 34.6. The number of hydrogen-bond acceptors (Lipinski definition) is 3. The predicted molar refractivity (Wildman–Crippen MR) is 315 cm³/mol. The molecule has 0 radical (unpaired) electrons. The van der Waals surface area contributed by atoms with Gasteiger partial charge in [0.15, 0.2) is 0 Å².